The maximum Gasteiger partial charge on any atom is 0.258 e. The van der Waals surface area contributed by atoms with Crippen molar-refractivity contribution in [1.29, 1.82) is 0 Å². The average molecular weight is 436 g/mol. The van der Waals surface area contributed by atoms with E-state index in [-0.39, 0.29) is 11.5 Å². The van der Waals surface area contributed by atoms with E-state index in [4.69, 9.17) is 11.6 Å². The molecule has 3 aromatic heterocycles. The molecule has 1 N–H and O–H groups in total. The van der Waals surface area contributed by atoms with Gasteiger partial charge in [0.05, 0.1) is 5.69 Å². The number of rotatable bonds is 5. The van der Waals surface area contributed by atoms with Crippen LogP contribution < -0.4 is 10.9 Å². The van der Waals surface area contributed by atoms with Gasteiger partial charge in [-0.15, -0.1) is 21.5 Å². The normalized spacial score (nSPS) is 11.0. The summed E-state index contributed by atoms with van der Waals surface area (Å²) in [4.78, 5) is 29.3. The first kappa shape index (κ1) is 18.1. The molecule has 0 atom stereocenters. The van der Waals surface area contributed by atoms with Crippen molar-refractivity contribution in [3.63, 3.8) is 0 Å². The summed E-state index contributed by atoms with van der Waals surface area (Å²) in [6, 6.07) is 8.09. The van der Waals surface area contributed by atoms with E-state index in [1.54, 1.807) is 30.5 Å². The molecule has 11 heteroatoms. The van der Waals surface area contributed by atoms with Gasteiger partial charge in [-0.25, -0.2) is 4.98 Å². The van der Waals surface area contributed by atoms with Crippen molar-refractivity contribution in [2.24, 2.45) is 0 Å². The van der Waals surface area contributed by atoms with Gasteiger partial charge in [0, 0.05) is 34.0 Å². The fourth-order valence-corrected chi connectivity index (χ4v) is 4.69. The Labute approximate surface area is 170 Å². The molecule has 3 heterocycles. The average Bonchev–Trinajstić information content (AvgIpc) is 3.30. The number of thiazole rings is 1. The fourth-order valence-electron chi connectivity index (χ4n) is 2.19. The number of carbonyl (C=O) groups excluding carboxylic acids is 1. The molecule has 0 bridgehead atoms. The molecule has 27 heavy (non-hydrogen) atoms. The molecule has 0 radical (unpaired) electrons. The Kier molecular flexibility index (Phi) is 5.21. The molecule has 0 aliphatic carbocycles. The molecule has 1 aromatic carbocycles. The van der Waals surface area contributed by atoms with E-state index in [0.717, 1.165) is 0 Å². The summed E-state index contributed by atoms with van der Waals surface area (Å²) in [6.07, 6.45) is 1.70. The van der Waals surface area contributed by atoms with Crippen molar-refractivity contribution >= 4 is 62.0 Å². The number of halogens is 1. The molecule has 0 spiro atoms. The van der Waals surface area contributed by atoms with Crippen LogP contribution in [0.15, 0.2) is 51.0 Å². The topological polar surface area (TPSA) is 89.2 Å². The molecule has 4 rings (SSSR count). The maximum atomic E-state index is 12.2. The lowest BCUT2D eigenvalue weighted by molar-refractivity contribution is 0.102. The van der Waals surface area contributed by atoms with Crippen molar-refractivity contribution in [3.8, 4) is 0 Å². The molecule has 0 saturated heterocycles. The number of aromatic nitrogens is 4. The number of benzene rings is 1. The molecule has 1 amide bonds. The van der Waals surface area contributed by atoms with Crippen LogP contribution in [0.1, 0.15) is 16.1 Å². The second-order valence-corrected chi connectivity index (χ2v) is 8.77. The maximum absolute atomic E-state index is 12.2. The quantitative estimate of drug-likeness (QED) is 0.378. The van der Waals surface area contributed by atoms with Crippen LogP contribution in [-0.4, -0.2) is 25.5 Å². The van der Waals surface area contributed by atoms with Crippen LogP contribution in [0.3, 0.4) is 0 Å². The molecule has 0 saturated carbocycles. The van der Waals surface area contributed by atoms with Gasteiger partial charge >= 0.3 is 0 Å². The third-order valence-corrected chi connectivity index (χ3v) is 6.45. The monoisotopic (exact) mass is 435 g/mol. The number of carbonyl (C=O) groups is 1. The third kappa shape index (κ3) is 4.19. The molecule has 136 valence electrons. The van der Waals surface area contributed by atoms with Crippen molar-refractivity contribution in [2.75, 3.05) is 5.32 Å². The minimum Gasteiger partial charge on any atom is -0.296 e. The first-order chi connectivity index (χ1) is 13.1. The zero-order chi connectivity index (χ0) is 18.8. The van der Waals surface area contributed by atoms with Crippen molar-refractivity contribution in [2.45, 2.75) is 10.1 Å². The van der Waals surface area contributed by atoms with Gasteiger partial charge in [0.15, 0.2) is 9.30 Å². The molecule has 7 nitrogen and oxygen atoms in total. The van der Waals surface area contributed by atoms with Crippen LogP contribution >= 0.6 is 46.0 Å². The standard InChI is InChI=1S/C16H10ClN5O2S3/c17-10-3-1-9(2-4-10)13(24)19-14-20-21-16(27-14)26-8-11-7-12(23)22-5-6-25-15(22)18-11/h1-7H,8H2,(H,19,20,24). The van der Waals surface area contributed by atoms with Crippen molar-refractivity contribution < 1.29 is 4.79 Å². The van der Waals surface area contributed by atoms with E-state index in [9.17, 15) is 9.59 Å². The van der Waals surface area contributed by atoms with Crippen LogP contribution in [-0.2, 0) is 5.75 Å². The Morgan fingerprint density at radius 3 is 2.89 bits per heavy atom. The Morgan fingerprint density at radius 2 is 2.07 bits per heavy atom. The highest BCUT2D eigenvalue weighted by atomic mass is 35.5. The second-order valence-electron chi connectivity index (χ2n) is 5.26. The highest BCUT2D eigenvalue weighted by Crippen LogP contribution is 2.28. The molecule has 0 fully saturated rings. The van der Waals surface area contributed by atoms with Gasteiger partial charge in [0.25, 0.3) is 11.5 Å². The summed E-state index contributed by atoms with van der Waals surface area (Å²) in [5, 5.41) is 13.5. The summed E-state index contributed by atoms with van der Waals surface area (Å²) in [5.74, 6) is 0.209. The summed E-state index contributed by atoms with van der Waals surface area (Å²) < 4.78 is 2.18. The zero-order valence-electron chi connectivity index (χ0n) is 13.5. The van der Waals surface area contributed by atoms with E-state index in [2.05, 4.69) is 20.5 Å². The highest BCUT2D eigenvalue weighted by molar-refractivity contribution is 8.00. The number of nitrogens with zero attached hydrogens (tertiary/aromatic N) is 4. The number of nitrogens with one attached hydrogen (secondary N) is 1. The van der Waals surface area contributed by atoms with Gasteiger partial charge in [-0.3, -0.25) is 19.3 Å². The minimum absolute atomic E-state index is 0.106. The van der Waals surface area contributed by atoms with Crippen LogP contribution in [0.4, 0.5) is 5.13 Å². The Balaban J connectivity index is 1.41. The number of amides is 1. The summed E-state index contributed by atoms with van der Waals surface area (Å²) >= 11 is 9.90. The second kappa shape index (κ2) is 7.77. The lowest BCUT2D eigenvalue weighted by atomic mass is 10.2. The van der Waals surface area contributed by atoms with Gasteiger partial charge in [-0.1, -0.05) is 34.7 Å². The van der Waals surface area contributed by atoms with Gasteiger partial charge in [0.1, 0.15) is 0 Å². The molecular weight excluding hydrogens is 426 g/mol. The zero-order valence-corrected chi connectivity index (χ0v) is 16.7. The molecule has 0 aliphatic rings. The lowest BCUT2D eigenvalue weighted by Crippen LogP contribution is -2.12. The van der Waals surface area contributed by atoms with Gasteiger partial charge in [0.2, 0.25) is 5.13 Å². The van der Waals surface area contributed by atoms with E-state index < -0.39 is 0 Å². The first-order valence-corrected chi connectivity index (χ1v) is 10.6. The van der Waals surface area contributed by atoms with Gasteiger partial charge in [-0.2, -0.15) is 0 Å². The lowest BCUT2D eigenvalue weighted by Gasteiger charge is -2.00. The van der Waals surface area contributed by atoms with Crippen LogP contribution in [0, 0.1) is 0 Å². The molecule has 0 unspecified atom stereocenters. The smallest absolute Gasteiger partial charge is 0.258 e. The minimum atomic E-state index is -0.280. The predicted molar refractivity (Wildman–Crippen MR) is 108 cm³/mol. The summed E-state index contributed by atoms with van der Waals surface area (Å²) in [6.45, 7) is 0. The number of hydrogen-bond acceptors (Lipinski definition) is 8. The summed E-state index contributed by atoms with van der Waals surface area (Å²) in [7, 11) is 0. The SMILES string of the molecule is O=C(Nc1nnc(SCc2cc(=O)n3ccsc3n2)s1)c1ccc(Cl)cc1. The fraction of sp³-hybridized carbons (Fsp3) is 0.0625. The van der Waals surface area contributed by atoms with Crippen LogP contribution in [0.2, 0.25) is 5.02 Å². The number of hydrogen-bond donors (Lipinski definition) is 1. The van der Waals surface area contributed by atoms with Crippen LogP contribution in [0.5, 0.6) is 0 Å². The van der Waals surface area contributed by atoms with Crippen molar-refractivity contribution in [3.05, 3.63) is 68.5 Å². The summed E-state index contributed by atoms with van der Waals surface area (Å²) in [5.41, 5.74) is 1.05. The van der Waals surface area contributed by atoms with E-state index >= 15 is 0 Å². The van der Waals surface area contributed by atoms with E-state index in [1.165, 1.54) is 44.9 Å². The molecular formula is C16H10ClN5O2S3. The highest BCUT2D eigenvalue weighted by Gasteiger charge is 2.11. The molecule has 0 aliphatic heterocycles. The van der Waals surface area contributed by atoms with E-state index in [1.807, 2.05) is 5.38 Å². The Morgan fingerprint density at radius 1 is 1.26 bits per heavy atom. The Hall–Kier alpha value is -2.27. The molecule has 4 aromatic rings. The number of thioether (sulfide) groups is 1. The van der Waals surface area contributed by atoms with Crippen LogP contribution in [0.25, 0.3) is 4.96 Å². The van der Waals surface area contributed by atoms with E-state index in [0.29, 0.717) is 36.5 Å². The van der Waals surface area contributed by atoms with Gasteiger partial charge < -0.3 is 0 Å². The number of anilines is 1. The first-order valence-electron chi connectivity index (χ1n) is 7.57. The largest absolute Gasteiger partial charge is 0.296 e. The predicted octanol–water partition coefficient (Wildman–Crippen LogP) is 3.81. The van der Waals surface area contributed by atoms with Crippen molar-refractivity contribution in [1.82, 2.24) is 19.6 Å². The third-order valence-electron chi connectivity index (χ3n) is 3.43. The van der Waals surface area contributed by atoms with Gasteiger partial charge in [-0.05, 0) is 24.3 Å². The Bertz CT molecular complexity index is 1170. The number of fused-ring (bicyclic) bond motifs is 1.